The Balaban J connectivity index is 2.26. The van der Waals surface area contributed by atoms with Crippen molar-refractivity contribution in [3.8, 4) is 6.07 Å². The van der Waals surface area contributed by atoms with E-state index >= 15 is 0 Å². The van der Waals surface area contributed by atoms with Crippen LogP contribution in [0.2, 0.25) is 0 Å². The number of benzene rings is 2. The molecular weight excluding hydrogens is 230 g/mol. The molecule has 0 spiro atoms. The molecule has 0 atom stereocenters. The third-order valence-electron chi connectivity index (χ3n) is 2.35. The van der Waals surface area contributed by atoms with Crippen LogP contribution in [0, 0.1) is 11.3 Å². The fourth-order valence-corrected chi connectivity index (χ4v) is 2.36. The highest BCUT2D eigenvalue weighted by Gasteiger charge is 2.03. The largest absolute Gasteiger partial charge is 0.392 e. The maximum absolute atomic E-state index is 9.07. The van der Waals surface area contributed by atoms with Crippen LogP contribution in [0.5, 0.6) is 0 Å². The summed E-state index contributed by atoms with van der Waals surface area (Å²) in [5, 5.41) is 18.0. The molecule has 3 heteroatoms. The van der Waals surface area contributed by atoms with Crippen LogP contribution >= 0.6 is 11.8 Å². The molecule has 0 aromatic heterocycles. The summed E-state index contributed by atoms with van der Waals surface area (Å²) in [6.07, 6.45) is 0. The Bertz CT molecular complexity index is 546. The highest BCUT2D eigenvalue weighted by Crippen LogP contribution is 2.28. The number of nitrogens with zero attached hydrogens (tertiary/aromatic N) is 1. The van der Waals surface area contributed by atoms with Gasteiger partial charge in [0.25, 0.3) is 0 Å². The lowest BCUT2D eigenvalue weighted by molar-refractivity contribution is 0.281. The van der Waals surface area contributed by atoms with Gasteiger partial charge in [-0.2, -0.15) is 5.26 Å². The first-order chi connectivity index (χ1) is 8.33. The SMILES string of the molecule is N#Cc1cc(Sc2ccccc2)ccc1CO. The van der Waals surface area contributed by atoms with Crippen LogP contribution in [0.1, 0.15) is 11.1 Å². The molecule has 0 aliphatic carbocycles. The summed E-state index contributed by atoms with van der Waals surface area (Å²) in [6, 6.07) is 17.6. The first kappa shape index (κ1) is 11.7. The molecule has 2 aromatic carbocycles. The second-order valence-electron chi connectivity index (χ2n) is 3.50. The van der Waals surface area contributed by atoms with Crippen LogP contribution in [0.4, 0.5) is 0 Å². The van der Waals surface area contributed by atoms with Gasteiger partial charge in [0.1, 0.15) is 0 Å². The van der Waals surface area contributed by atoms with Gasteiger partial charge in [-0.1, -0.05) is 36.0 Å². The number of aliphatic hydroxyl groups is 1. The molecule has 2 nitrogen and oxygen atoms in total. The van der Waals surface area contributed by atoms with Crippen molar-refractivity contribution in [2.45, 2.75) is 16.4 Å². The lowest BCUT2D eigenvalue weighted by Gasteiger charge is -2.04. The van der Waals surface area contributed by atoms with E-state index in [0.29, 0.717) is 11.1 Å². The number of hydrogen-bond donors (Lipinski definition) is 1. The van der Waals surface area contributed by atoms with Crippen LogP contribution in [0.3, 0.4) is 0 Å². The first-order valence-electron chi connectivity index (χ1n) is 5.20. The Morgan fingerprint density at radius 3 is 2.47 bits per heavy atom. The Morgan fingerprint density at radius 2 is 1.82 bits per heavy atom. The minimum atomic E-state index is -0.0980. The quantitative estimate of drug-likeness (QED) is 0.897. The zero-order valence-corrected chi connectivity index (χ0v) is 9.95. The van der Waals surface area contributed by atoms with Crippen molar-refractivity contribution in [2.24, 2.45) is 0 Å². The summed E-state index contributed by atoms with van der Waals surface area (Å²) < 4.78 is 0. The maximum Gasteiger partial charge on any atom is 0.0995 e. The van der Waals surface area contributed by atoms with Gasteiger partial charge >= 0.3 is 0 Å². The lowest BCUT2D eigenvalue weighted by Crippen LogP contribution is -1.89. The van der Waals surface area contributed by atoms with Gasteiger partial charge in [-0.3, -0.25) is 0 Å². The zero-order valence-electron chi connectivity index (χ0n) is 9.13. The van der Waals surface area contributed by atoms with Crippen molar-refractivity contribution in [3.05, 3.63) is 59.7 Å². The van der Waals surface area contributed by atoms with Gasteiger partial charge in [0.05, 0.1) is 18.2 Å². The molecule has 0 radical (unpaired) electrons. The molecular formula is C14H11NOS. The highest BCUT2D eigenvalue weighted by atomic mass is 32.2. The molecule has 2 rings (SSSR count). The molecule has 1 N–H and O–H groups in total. The fraction of sp³-hybridized carbons (Fsp3) is 0.0714. The minimum Gasteiger partial charge on any atom is -0.392 e. The molecule has 84 valence electrons. The third kappa shape index (κ3) is 2.88. The van der Waals surface area contributed by atoms with Gasteiger partial charge < -0.3 is 5.11 Å². The van der Waals surface area contributed by atoms with Crippen molar-refractivity contribution in [3.63, 3.8) is 0 Å². The van der Waals surface area contributed by atoms with Crippen LogP contribution in [0.15, 0.2) is 58.3 Å². The molecule has 0 aliphatic heterocycles. The molecule has 0 aliphatic rings. The van der Waals surface area contributed by atoms with Gasteiger partial charge in [0, 0.05) is 9.79 Å². The summed E-state index contributed by atoms with van der Waals surface area (Å²) in [7, 11) is 0. The summed E-state index contributed by atoms with van der Waals surface area (Å²) in [6.45, 7) is -0.0980. The average Bonchev–Trinajstić information content (AvgIpc) is 2.40. The minimum absolute atomic E-state index is 0.0980. The molecule has 0 saturated carbocycles. The zero-order chi connectivity index (χ0) is 12.1. The molecule has 0 saturated heterocycles. The number of rotatable bonds is 3. The molecule has 0 heterocycles. The Hall–Kier alpha value is -1.76. The van der Waals surface area contributed by atoms with Gasteiger partial charge in [-0.05, 0) is 29.8 Å². The second kappa shape index (κ2) is 5.53. The predicted molar refractivity (Wildman–Crippen MR) is 67.6 cm³/mol. The van der Waals surface area contributed by atoms with E-state index in [1.54, 1.807) is 17.8 Å². The van der Waals surface area contributed by atoms with Gasteiger partial charge in [0.2, 0.25) is 0 Å². The third-order valence-corrected chi connectivity index (χ3v) is 3.35. The van der Waals surface area contributed by atoms with Crippen molar-refractivity contribution < 1.29 is 5.11 Å². The topological polar surface area (TPSA) is 44.0 Å². The van der Waals surface area contributed by atoms with Crippen molar-refractivity contribution >= 4 is 11.8 Å². The maximum atomic E-state index is 9.07. The molecule has 0 bridgehead atoms. The molecule has 0 fully saturated rings. The van der Waals surface area contributed by atoms with E-state index in [4.69, 9.17) is 10.4 Å². The van der Waals surface area contributed by atoms with Crippen molar-refractivity contribution in [1.82, 2.24) is 0 Å². The number of hydrogen-bond acceptors (Lipinski definition) is 3. The van der Waals surface area contributed by atoms with Gasteiger partial charge in [-0.15, -0.1) is 0 Å². The van der Waals surface area contributed by atoms with E-state index in [-0.39, 0.29) is 6.61 Å². The molecule has 0 amide bonds. The van der Waals surface area contributed by atoms with E-state index in [2.05, 4.69) is 6.07 Å². The normalized spacial score (nSPS) is 9.88. The Kier molecular flexibility index (Phi) is 3.81. The summed E-state index contributed by atoms with van der Waals surface area (Å²) in [4.78, 5) is 2.14. The molecule has 0 unspecified atom stereocenters. The van der Waals surface area contributed by atoms with E-state index in [1.807, 2.05) is 42.5 Å². The molecule has 2 aromatic rings. The van der Waals surface area contributed by atoms with Crippen LogP contribution in [-0.2, 0) is 6.61 Å². The van der Waals surface area contributed by atoms with Gasteiger partial charge in [-0.25, -0.2) is 0 Å². The Morgan fingerprint density at radius 1 is 1.06 bits per heavy atom. The summed E-state index contributed by atoms with van der Waals surface area (Å²) in [5.74, 6) is 0. The molecule has 17 heavy (non-hydrogen) atoms. The van der Waals surface area contributed by atoms with E-state index in [0.717, 1.165) is 9.79 Å². The van der Waals surface area contributed by atoms with Crippen molar-refractivity contribution in [1.29, 1.82) is 5.26 Å². The van der Waals surface area contributed by atoms with Gasteiger partial charge in [0.15, 0.2) is 0 Å². The highest BCUT2D eigenvalue weighted by molar-refractivity contribution is 7.99. The summed E-state index contributed by atoms with van der Waals surface area (Å²) in [5.41, 5.74) is 1.21. The smallest absolute Gasteiger partial charge is 0.0995 e. The second-order valence-corrected chi connectivity index (χ2v) is 4.65. The number of aliphatic hydroxyl groups excluding tert-OH is 1. The first-order valence-corrected chi connectivity index (χ1v) is 6.02. The predicted octanol–water partition coefficient (Wildman–Crippen LogP) is 3.20. The number of nitriles is 1. The Labute approximate surface area is 105 Å². The van der Waals surface area contributed by atoms with E-state index in [9.17, 15) is 0 Å². The fourth-order valence-electron chi connectivity index (χ4n) is 1.49. The van der Waals surface area contributed by atoms with E-state index < -0.39 is 0 Å². The average molecular weight is 241 g/mol. The van der Waals surface area contributed by atoms with Crippen LogP contribution in [0.25, 0.3) is 0 Å². The monoisotopic (exact) mass is 241 g/mol. The van der Waals surface area contributed by atoms with Crippen LogP contribution in [-0.4, -0.2) is 5.11 Å². The van der Waals surface area contributed by atoms with E-state index in [1.165, 1.54) is 0 Å². The van der Waals surface area contributed by atoms with Crippen molar-refractivity contribution in [2.75, 3.05) is 0 Å². The lowest BCUT2D eigenvalue weighted by atomic mass is 10.1. The standard InChI is InChI=1S/C14H11NOS/c15-9-12-8-14(7-6-11(12)10-16)17-13-4-2-1-3-5-13/h1-8,16H,10H2. The summed E-state index contributed by atoms with van der Waals surface area (Å²) >= 11 is 1.60. The van der Waals surface area contributed by atoms with Crippen LogP contribution < -0.4 is 0 Å².